The van der Waals surface area contributed by atoms with Crippen molar-refractivity contribution >= 4 is 50.4 Å². The van der Waals surface area contributed by atoms with Gasteiger partial charge in [-0.3, -0.25) is 0 Å². The van der Waals surface area contributed by atoms with E-state index in [4.69, 9.17) is 38.4 Å². The van der Waals surface area contributed by atoms with E-state index >= 15 is 0 Å². The Balaban J connectivity index is 2.03. The van der Waals surface area contributed by atoms with Gasteiger partial charge in [0.1, 0.15) is 11.3 Å². The molecule has 0 saturated heterocycles. The van der Waals surface area contributed by atoms with E-state index in [0.29, 0.717) is 32.4 Å². The van der Waals surface area contributed by atoms with Gasteiger partial charge < -0.3 is 15.2 Å². The van der Waals surface area contributed by atoms with Gasteiger partial charge in [-0.05, 0) is 24.3 Å². The number of nitrogen functional groups attached to an aromatic ring is 1. The lowest BCUT2D eigenvalue weighted by atomic mass is 10.3. The molecule has 0 aliphatic rings. The number of hydrogen-bond donors (Lipinski definition) is 1. The number of ether oxygens (including phenoxy) is 2. The molecule has 108 valence electrons. The first-order chi connectivity index (χ1) is 10.1. The largest absolute Gasteiger partial charge is 0.494 e. The minimum absolute atomic E-state index is 0.338. The highest BCUT2D eigenvalue weighted by Crippen LogP contribution is 2.41. The average molecular weight is 341 g/mol. The quantitative estimate of drug-likeness (QED) is 0.682. The van der Waals surface area contributed by atoms with Gasteiger partial charge in [-0.15, -0.1) is 0 Å². The number of rotatable bonds is 3. The Hall–Kier alpha value is -1.69. The van der Waals surface area contributed by atoms with Crippen LogP contribution in [0.15, 0.2) is 30.3 Å². The maximum Gasteiger partial charge on any atom is 0.280 e. The summed E-state index contributed by atoms with van der Waals surface area (Å²) in [4.78, 5) is 4.41. The maximum absolute atomic E-state index is 6.10. The Bertz CT molecular complexity index is 797. The van der Waals surface area contributed by atoms with Crippen LogP contribution in [-0.4, -0.2) is 12.1 Å². The second-order valence-corrected chi connectivity index (χ2v) is 6.01. The van der Waals surface area contributed by atoms with Crippen LogP contribution in [0.1, 0.15) is 0 Å². The third-order valence-electron chi connectivity index (χ3n) is 2.79. The number of halogens is 2. The number of nitrogens with two attached hydrogens (primary N) is 1. The molecule has 0 aliphatic carbocycles. The van der Waals surface area contributed by atoms with Gasteiger partial charge in [0.15, 0.2) is 5.75 Å². The number of para-hydroxylation sites is 1. The topological polar surface area (TPSA) is 57.4 Å². The molecule has 0 aliphatic heterocycles. The Morgan fingerprint density at radius 2 is 1.90 bits per heavy atom. The van der Waals surface area contributed by atoms with E-state index in [2.05, 4.69) is 4.98 Å². The molecule has 2 aromatic carbocycles. The van der Waals surface area contributed by atoms with Crippen LogP contribution in [-0.2, 0) is 0 Å². The van der Waals surface area contributed by atoms with Gasteiger partial charge in [0.25, 0.3) is 5.19 Å². The fourth-order valence-electron chi connectivity index (χ4n) is 1.88. The Morgan fingerprint density at radius 3 is 2.57 bits per heavy atom. The smallest absolute Gasteiger partial charge is 0.280 e. The highest BCUT2D eigenvalue weighted by molar-refractivity contribution is 7.20. The van der Waals surface area contributed by atoms with E-state index in [9.17, 15) is 0 Å². The number of fused-ring (bicyclic) bond motifs is 1. The highest BCUT2D eigenvalue weighted by atomic mass is 35.5. The van der Waals surface area contributed by atoms with Crippen molar-refractivity contribution in [1.82, 2.24) is 4.98 Å². The van der Waals surface area contributed by atoms with Crippen molar-refractivity contribution in [2.45, 2.75) is 0 Å². The molecule has 0 amide bonds. The van der Waals surface area contributed by atoms with E-state index in [0.717, 1.165) is 10.2 Å². The summed E-state index contributed by atoms with van der Waals surface area (Å²) in [7, 11) is 1.60. The van der Waals surface area contributed by atoms with Gasteiger partial charge in [-0.1, -0.05) is 40.6 Å². The Labute approximate surface area is 135 Å². The van der Waals surface area contributed by atoms with Gasteiger partial charge in [-0.25, -0.2) is 0 Å². The molecule has 2 N–H and O–H groups in total. The van der Waals surface area contributed by atoms with Crippen molar-refractivity contribution in [3.8, 4) is 16.7 Å². The fraction of sp³-hybridized carbons (Fsp3) is 0.0714. The number of aromatic nitrogens is 1. The normalized spacial score (nSPS) is 10.8. The molecular weight excluding hydrogens is 331 g/mol. The van der Waals surface area contributed by atoms with Crippen LogP contribution in [0.2, 0.25) is 10.0 Å². The molecular formula is C14H10Cl2N2O2S. The standard InChI is InChI=1S/C14H10Cl2N2O2S/c1-19-10-3-2-4-11-12(10)18-14(21-11)20-13-8(15)5-7(17)6-9(13)16/h2-6H,17H2,1H3. The molecule has 3 rings (SSSR count). The second-order valence-electron chi connectivity index (χ2n) is 4.20. The molecule has 0 unspecified atom stereocenters. The molecule has 3 aromatic rings. The van der Waals surface area contributed by atoms with E-state index in [1.807, 2.05) is 18.2 Å². The summed E-state index contributed by atoms with van der Waals surface area (Å²) >= 11 is 13.6. The summed E-state index contributed by atoms with van der Waals surface area (Å²) in [6.07, 6.45) is 0. The number of thiazole rings is 1. The van der Waals surface area contributed by atoms with E-state index in [-0.39, 0.29) is 0 Å². The zero-order chi connectivity index (χ0) is 15.0. The molecule has 0 radical (unpaired) electrons. The zero-order valence-electron chi connectivity index (χ0n) is 10.9. The van der Waals surface area contributed by atoms with Crippen LogP contribution in [0.3, 0.4) is 0 Å². The van der Waals surface area contributed by atoms with Crippen LogP contribution < -0.4 is 15.2 Å². The second kappa shape index (κ2) is 5.60. The van der Waals surface area contributed by atoms with Gasteiger partial charge >= 0.3 is 0 Å². The first-order valence-corrected chi connectivity index (χ1v) is 7.51. The molecule has 0 saturated carbocycles. The number of hydrogen-bond acceptors (Lipinski definition) is 5. The van der Waals surface area contributed by atoms with Crippen LogP contribution >= 0.6 is 34.5 Å². The molecule has 1 aromatic heterocycles. The van der Waals surface area contributed by atoms with Gasteiger partial charge in [0.2, 0.25) is 0 Å². The fourth-order valence-corrected chi connectivity index (χ4v) is 3.30. The molecule has 7 heteroatoms. The molecule has 0 fully saturated rings. The molecule has 21 heavy (non-hydrogen) atoms. The Morgan fingerprint density at radius 1 is 1.19 bits per heavy atom. The summed E-state index contributed by atoms with van der Waals surface area (Å²) < 4.78 is 11.9. The van der Waals surface area contributed by atoms with Crippen molar-refractivity contribution in [2.75, 3.05) is 12.8 Å². The third-order valence-corrected chi connectivity index (χ3v) is 4.25. The third kappa shape index (κ3) is 2.72. The zero-order valence-corrected chi connectivity index (χ0v) is 13.2. The maximum atomic E-state index is 6.10. The van der Waals surface area contributed by atoms with Crippen molar-refractivity contribution in [1.29, 1.82) is 0 Å². The molecule has 4 nitrogen and oxygen atoms in total. The van der Waals surface area contributed by atoms with Crippen LogP contribution in [0.5, 0.6) is 16.7 Å². The van der Waals surface area contributed by atoms with E-state index in [1.54, 1.807) is 19.2 Å². The average Bonchev–Trinajstić information content (AvgIpc) is 2.85. The summed E-state index contributed by atoms with van der Waals surface area (Å²) in [6, 6.07) is 8.84. The summed E-state index contributed by atoms with van der Waals surface area (Å²) in [5.41, 5.74) is 6.88. The highest BCUT2D eigenvalue weighted by Gasteiger charge is 2.14. The van der Waals surface area contributed by atoms with E-state index < -0.39 is 0 Å². The molecule has 0 bridgehead atoms. The lowest BCUT2D eigenvalue weighted by Gasteiger charge is -2.07. The lowest BCUT2D eigenvalue weighted by molar-refractivity contribution is 0.418. The number of methoxy groups -OCH3 is 1. The summed E-state index contributed by atoms with van der Waals surface area (Å²) in [6.45, 7) is 0. The van der Waals surface area contributed by atoms with Crippen LogP contribution in [0.25, 0.3) is 10.2 Å². The van der Waals surface area contributed by atoms with Crippen molar-refractivity contribution < 1.29 is 9.47 Å². The first-order valence-electron chi connectivity index (χ1n) is 5.94. The number of anilines is 1. The van der Waals surface area contributed by atoms with Gasteiger partial charge in [-0.2, -0.15) is 4.98 Å². The van der Waals surface area contributed by atoms with Crippen molar-refractivity contribution in [3.05, 3.63) is 40.4 Å². The Kier molecular flexibility index (Phi) is 3.80. The summed E-state index contributed by atoms with van der Waals surface area (Å²) in [5.74, 6) is 1.03. The SMILES string of the molecule is COc1cccc2sc(Oc3c(Cl)cc(N)cc3Cl)nc12. The predicted octanol–water partition coefficient (Wildman–Crippen LogP) is 4.99. The molecule has 0 spiro atoms. The number of benzene rings is 2. The monoisotopic (exact) mass is 340 g/mol. The minimum Gasteiger partial charge on any atom is -0.494 e. The van der Waals surface area contributed by atoms with Gasteiger partial charge in [0, 0.05) is 5.69 Å². The van der Waals surface area contributed by atoms with Crippen LogP contribution in [0, 0.1) is 0 Å². The van der Waals surface area contributed by atoms with Gasteiger partial charge in [0.05, 0.1) is 21.9 Å². The minimum atomic E-state index is 0.338. The number of nitrogens with zero attached hydrogens (tertiary/aromatic N) is 1. The van der Waals surface area contributed by atoms with E-state index in [1.165, 1.54) is 11.3 Å². The molecule has 0 atom stereocenters. The predicted molar refractivity (Wildman–Crippen MR) is 87.1 cm³/mol. The van der Waals surface area contributed by atoms with Crippen molar-refractivity contribution in [2.24, 2.45) is 0 Å². The molecule has 1 heterocycles. The van der Waals surface area contributed by atoms with Crippen molar-refractivity contribution in [3.63, 3.8) is 0 Å². The lowest BCUT2D eigenvalue weighted by Crippen LogP contribution is -1.90. The summed E-state index contributed by atoms with van der Waals surface area (Å²) in [5, 5.41) is 1.11. The van der Waals surface area contributed by atoms with Crippen LogP contribution in [0.4, 0.5) is 5.69 Å². The first kappa shape index (κ1) is 14.3.